The molecule has 0 atom stereocenters. The van der Waals surface area contributed by atoms with E-state index in [4.69, 9.17) is 5.73 Å². The number of anilines is 1. The molecule has 0 aliphatic rings. The molecule has 1 aromatic heterocycles. The Hall–Kier alpha value is -1.87. The van der Waals surface area contributed by atoms with Crippen LogP contribution in [0.15, 0.2) is 36.5 Å². The number of benzene rings is 1. The molecule has 21 heavy (non-hydrogen) atoms. The van der Waals surface area contributed by atoms with Gasteiger partial charge in [-0.3, -0.25) is 0 Å². The maximum Gasteiger partial charge on any atom is 0.126 e. The number of nitrogens with two attached hydrogens (primary N) is 1. The Bertz CT molecular complexity index is 576. The summed E-state index contributed by atoms with van der Waals surface area (Å²) in [5.74, 6) is 0.606. The molecule has 2 aromatic rings. The van der Waals surface area contributed by atoms with Crippen molar-refractivity contribution in [2.24, 2.45) is 0 Å². The Balaban J connectivity index is 2.03. The Kier molecular flexibility index (Phi) is 5.34. The first-order chi connectivity index (χ1) is 10.1. The highest BCUT2D eigenvalue weighted by atomic mass is 15.1. The molecule has 0 saturated heterocycles. The van der Waals surface area contributed by atoms with E-state index in [9.17, 15) is 0 Å². The molecule has 2 N–H and O–H groups in total. The third-order valence-corrected chi connectivity index (χ3v) is 3.79. The SMILES string of the molecule is CCCN(C)CCc1ccc(-c2cnc(N)c(C)c2)cc1. The van der Waals surface area contributed by atoms with Gasteiger partial charge in [0.1, 0.15) is 5.82 Å². The fourth-order valence-corrected chi connectivity index (χ4v) is 2.42. The fraction of sp³-hybridized carbons (Fsp3) is 0.389. The van der Waals surface area contributed by atoms with E-state index >= 15 is 0 Å². The first-order valence-corrected chi connectivity index (χ1v) is 7.60. The van der Waals surface area contributed by atoms with Crippen molar-refractivity contribution in [1.29, 1.82) is 0 Å². The molecule has 112 valence electrons. The third kappa shape index (κ3) is 4.30. The summed E-state index contributed by atoms with van der Waals surface area (Å²) in [6, 6.07) is 10.8. The van der Waals surface area contributed by atoms with Crippen molar-refractivity contribution in [1.82, 2.24) is 9.88 Å². The monoisotopic (exact) mass is 283 g/mol. The molecule has 0 aliphatic carbocycles. The van der Waals surface area contributed by atoms with Crippen LogP contribution in [0.3, 0.4) is 0 Å². The van der Waals surface area contributed by atoms with E-state index in [2.05, 4.69) is 54.2 Å². The number of hydrogen-bond donors (Lipinski definition) is 1. The van der Waals surface area contributed by atoms with E-state index in [0.717, 1.165) is 30.6 Å². The van der Waals surface area contributed by atoms with Gasteiger partial charge in [-0.05, 0) is 56.1 Å². The molecule has 0 aliphatic heterocycles. The second-order valence-corrected chi connectivity index (χ2v) is 5.68. The zero-order valence-electron chi connectivity index (χ0n) is 13.3. The van der Waals surface area contributed by atoms with Crippen LogP contribution < -0.4 is 5.73 Å². The molecule has 0 fully saturated rings. The van der Waals surface area contributed by atoms with Gasteiger partial charge in [-0.2, -0.15) is 0 Å². The highest BCUT2D eigenvalue weighted by Crippen LogP contribution is 2.22. The summed E-state index contributed by atoms with van der Waals surface area (Å²) in [6.07, 6.45) is 4.14. The van der Waals surface area contributed by atoms with Crippen LogP contribution in [0.1, 0.15) is 24.5 Å². The zero-order valence-corrected chi connectivity index (χ0v) is 13.3. The third-order valence-electron chi connectivity index (χ3n) is 3.79. The van der Waals surface area contributed by atoms with E-state index in [1.54, 1.807) is 0 Å². The Labute approximate surface area is 127 Å². The molecule has 0 bridgehead atoms. The largest absolute Gasteiger partial charge is 0.383 e. The molecule has 1 heterocycles. The predicted molar refractivity (Wildman–Crippen MR) is 90.3 cm³/mol. The maximum atomic E-state index is 5.77. The minimum atomic E-state index is 0.606. The van der Waals surface area contributed by atoms with E-state index in [-0.39, 0.29) is 0 Å². The number of nitrogen functional groups attached to an aromatic ring is 1. The van der Waals surface area contributed by atoms with Gasteiger partial charge in [0, 0.05) is 18.3 Å². The van der Waals surface area contributed by atoms with Crippen LogP contribution in [0.25, 0.3) is 11.1 Å². The van der Waals surface area contributed by atoms with Crippen LogP contribution in [0.2, 0.25) is 0 Å². The van der Waals surface area contributed by atoms with Gasteiger partial charge in [0.15, 0.2) is 0 Å². The number of nitrogens with zero attached hydrogens (tertiary/aromatic N) is 2. The number of aryl methyl sites for hydroxylation is 1. The van der Waals surface area contributed by atoms with Gasteiger partial charge in [-0.25, -0.2) is 4.98 Å². The van der Waals surface area contributed by atoms with Crippen LogP contribution in [-0.2, 0) is 6.42 Å². The smallest absolute Gasteiger partial charge is 0.126 e. The van der Waals surface area contributed by atoms with Gasteiger partial charge in [0.2, 0.25) is 0 Å². The lowest BCUT2D eigenvalue weighted by molar-refractivity contribution is 0.339. The van der Waals surface area contributed by atoms with Gasteiger partial charge in [-0.15, -0.1) is 0 Å². The van der Waals surface area contributed by atoms with Gasteiger partial charge in [0.25, 0.3) is 0 Å². The Morgan fingerprint density at radius 2 is 1.81 bits per heavy atom. The number of rotatable bonds is 6. The molecule has 0 spiro atoms. The molecule has 0 saturated carbocycles. The second kappa shape index (κ2) is 7.23. The van der Waals surface area contributed by atoms with Gasteiger partial charge in [0.05, 0.1) is 0 Å². The highest BCUT2D eigenvalue weighted by Gasteiger charge is 2.03. The predicted octanol–water partition coefficient (Wildman–Crippen LogP) is 3.52. The van der Waals surface area contributed by atoms with Crippen molar-refractivity contribution in [2.75, 3.05) is 25.9 Å². The lowest BCUT2D eigenvalue weighted by Gasteiger charge is -2.15. The maximum absolute atomic E-state index is 5.77. The van der Waals surface area contributed by atoms with Crippen molar-refractivity contribution in [3.8, 4) is 11.1 Å². The summed E-state index contributed by atoms with van der Waals surface area (Å²) in [5, 5.41) is 0. The van der Waals surface area contributed by atoms with E-state index < -0.39 is 0 Å². The standard InChI is InChI=1S/C18H25N3/c1-4-10-21(3)11-9-15-5-7-16(8-6-15)17-12-14(2)18(19)20-13-17/h5-8,12-13H,4,9-11H2,1-3H3,(H2,19,20). The van der Waals surface area contributed by atoms with Crippen LogP contribution in [-0.4, -0.2) is 30.0 Å². The van der Waals surface area contributed by atoms with E-state index in [1.807, 2.05) is 13.1 Å². The van der Waals surface area contributed by atoms with Gasteiger partial charge < -0.3 is 10.6 Å². The van der Waals surface area contributed by atoms with E-state index in [1.165, 1.54) is 17.5 Å². The molecule has 3 heteroatoms. The molecule has 0 unspecified atom stereocenters. The molecular formula is C18H25N3. The lowest BCUT2D eigenvalue weighted by Crippen LogP contribution is -2.21. The second-order valence-electron chi connectivity index (χ2n) is 5.68. The van der Waals surface area contributed by atoms with Crippen LogP contribution >= 0.6 is 0 Å². The first kappa shape index (κ1) is 15.5. The Morgan fingerprint density at radius 1 is 1.10 bits per heavy atom. The number of aromatic nitrogens is 1. The van der Waals surface area contributed by atoms with Crippen molar-refractivity contribution in [3.05, 3.63) is 47.7 Å². The average Bonchev–Trinajstić information content (AvgIpc) is 2.49. The normalized spacial score (nSPS) is 11.0. The fourth-order valence-electron chi connectivity index (χ4n) is 2.42. The first-order valence-electron chi connectivity index (χ1n) is 7.60. The zero-order chi connectivity index (χ0) is 15.2. The number of likely N-dealkylation sites (N-methyl/N-ethyl adjacent to an activating group) is 1. The van der Waals surface area contributed by atoms with Gasteiger partial charge >= 0.3 is 0 Å². The van der Waals surface area contributed by atoms with Crippen LogP contribution in [0.4, 0.5) is 5.82 Å². The van der Waals surface area contributed by atoms with Crippen molar-refractivity contribution in [3.63, 3.8) is 0 Å². The molecule has 0 amide bonds. The summed E-state index contributed by atoms with van der Waals surface area (Å²) >= 11 is 0. The number of hydrogen-bond acceptors (Lipinski definition) is 3. The highest BCUT2D eigenvalue weighted by molar-refractivity contribution is 5.65. The summed E-state index contributed by atoms with van der Waals surface area (Å²) in [4.78, 5) is 6.60. The molecule has 2 rings (SSSR count). The lowest BCUT2D eigenvalue weighted by atomic mass is 10.0. The molecular weight excluding hydrogens is 258 g/mol. The molecule has 0 radical (unpaired) electrons. The summed E-state index contributed by atoms with van der Waals surface area (Å²) in [5.41, 5.74) is 10.5. The van der Waals surface area contributed by atoms with E-state index in [0.29, 0.717) is 5.82 Å². The topological polar surface area (TPSA) is 42.2 Å². The quantitative estimate of drug-likeness (QED) is 0.882. The molecule has 1 aromatic carbocycles. The number of pyridine rings is 1. The minimum Gasteiger partial charge on any atom is -0.383 e. The summed E-state index contributed by atoms with van der Waals surface area (Å²) < 4.78 is 0. The van der Waals surface area contributed by atoms with Gasteiger partial charge in [-0.1, -0.05) is 31.2 Å². The minimum absolute atomic E-state index is 0.606. The summed E-state index contributed by atoms with van der Waals surface area (Å²) in [7, 11) is 2.18. The van der Waals surface area contributed by atoms with Crippen molar-refractivity contribution < 1.29 is 0 Å². The Morgan fingerprint density at radius 3 is 2.43 bits per heavy atom. The van der Waals surface area contributed by atoms with Crippen LogP contribution in [0, 0.1) is 6.92 Å². The average molecular weight is 283 g/mol. The van der Waals surface area contributed by atoms with Crippen molar-refractivity contribution in [2.45, 2.75) is 26.7 Å². The van der Waals surface area contributed by atoms with Crippen LogP contribution in [0.5, 0.6) is 0 Å². The van der Waals surface area contributed by atoms with Crippen molar-refractivity contribution >= 4 is 5.82 Å². The molecule has 3 nitrogen and oxygen atoms in total. The summed E-state index contributed by atoms with van der Waals surface area (Å²) in [6.45, 7) is 6.47.